The Kier molecular flexibility index (Phi) is 5.82. The van der Waals surface area contributed by atoms with Crippen LogP contribution in [0.15, 0.2) is 30.3 Å². The summed E-state index contributed by atoms with van der Waals surface area (Å²) in [5.74, 6) is -0.374. The number of benzene rings is 1. The summed E-state index contributed by atoms with van der Waals surface area (Å²) >= 11 is 0. The maximum Gasteiger partial charge on any atom is 0.224 e. The fraction of sp³-hybridized carbons (Fsp3) is 0.500. The number of aliphatic hydroxyl groups is 1. The monoisotopic (exact) mass is 250 g/mol. The number of nitrogens with two attached hydrogens (primary N) is 1. The van der Waals surface area contributed by atoms with Gasteiger partial charge in [-0.1, -0.05) is 37.3 Å². The van der Waals surface area contributed by atoms with Crippen molar-refractivity contribution in [2.45, 2.75) is 32.4 Å². The highest BCUT2D eigenvalue weighted by atomic mass is 16.3. The van der Waals surface area contributed by atoms with Gasteiger partial charge in [0.15, 0.2) is 0 Å². The van der Waals surface area contributed by atoms with Crippen molar-refractivity contribution < 1.29 is 9.90 Å². The Hall–Kier alpha value is -1.39. The minimum Gasteiger partial charge on any atom is -0.396 e. The lowest BCUT2D eigenvalue weighted by atomic mass is 9.94. The van der Waals surface area contributed by atoms with E-state index in [0.717, 1.165) is 5.56 Å². The smallest absolute Gasteiger partial charge is 0.224 e. The molecule has 100 valence electrons. The van der Waals surface area contributed by atoms with Gasteiger partial charge in [-0.05, 0) is 18.9 Å². The molecule has 0 fully saturated rings. The molecule has 4 nitrogen and oxygen atoms in total. The average molecular weight is 250 g/mol. The van der Waals surface area contributed by atoms with Gasteiger partial charge in [0.05, 0.1) is 5.92 Å². The number of rotatable bonds is 6. The zero-order valence-corrected chi connectivity index (χ0v) is 11.0. The van der Waals surface area contributed by atoms with E-state index in [1.54, 1.807) is 0 Å². The highest BCUT2D eigenvalue weighted by Crippen LogP contribution is 2.19. The number of carbonyl (C=O) groups excluding carboxylic acids is 1. The van der Waals surface area contributed by atoms with Crippen molar-refractivity contribution in [3.63, 3.8) is 0 Å². The predicted octanol–water partition coefficient (Wildman–Crippen LogP) is 1.21. The SMILES string of the molecule is CC(CCO)NC(=O)C(C)C(N)c1ccccc1. The molecule has 1 aromatic rings. The third-order valence-corrected chi connectivity index (χ3v) is 3.09. The van der Waals surface area contributed by atoms with Gasteiger partial charge in [0.2, 0.25) is 5.91 Å². The molecule has 3 atom stereocenters. The van der Waals surface area contributed by atoms with Gasteiger partial charge < -0.3 is 16.2 Å². The Morgan fingerprint density at radius 2 is 1.94 bits per heavy atom. The van der Waals surface area contributed by atoms with Crippen molar-refractivity contribution in [3.8, 4) is 0 Å². The summed E-state index contributed by atoms with van der Waals surface area (Å²) in [4.78, 5) is 12.0. The summed E-state index contributed by atoms with van der Waals surface area (Å²) < 4.78 is 0. The molecule has 1 aromatic carbocycles. The molecule has 0 bridgehead atoms. The van der Waals surface area contributed by atoms with Crippen LogP contribution in [-0.4, -0.2) is 23.7 Å². The number of amides is 1. The van der Waals surface area contributed by atoms with E-state index < -0.39 is 0 Å². The van der Waals surface area contributed by atoms with Crippen LogP contribution >= 0.6 is 0 Å². The highest BCUT2D eigenvalue weighted by Gasteiger charge is 2.22. The maximum atomic E-state index is 12.0. The molecule has 0 heterocycles. The molecule has 3 unspecified atom stereocenters. The Morgan fingerprint density at radius 1 is 1.33 bits per heavy atom. The zero-order chi connectivity index (χ0) is 13.5. The summed E-state index contributed by atoms with van der Waals surface area (Å²) in [5, 5.41) is 11.7. The number of hydrogen-bond acceptors (Lipinski definition) is 3. The fourth-order valence-electron chi connectivity index (χ4n) is 1.77. The molecule has 4 heteroatoms. The van der Waals surface area contributed by atoms with Crippen molar-refractivity contribution in [1.29, 1.82) is 0 Å². The summed E-state index contributed by atoms with van der Waals surface area (Å²) in [6.45, 7) is 3.76. The summed E-state index contributed by atoms with van der Waals surface area (Å²) in [7, 11) is 0. The molecule has 0 spiro atoms. The number of hydrogen-bond donors (Lipinski definition) is 3. The molecule has 0 aliphatic heterocycles. The van der Waals surface area contributed by atoms with Crippen LogP contribution in [0.2, 0.25) is 0 Å². The molecule has 4 N–H and O–H groups in total. The van der Waals surface area contributed by atoms with Crippen LogP contribution in [0.5, 0.6) is 0 Å². The van der Waals surface area contributed by atoms with Crippen LogP contribution in [0, 0.1) is 5.92 Å². The standard InChI is InChI=1S/C14H22N2O2/c1-10(8-9-17)16-14(18)11(2)13(15)12-6-4-3-5-7-12/h3-7,10-11,13,17H,8-9,15H2,1-2H3,(H,16,18). The molecule has 0 saturated heterocycles. The van der Waals surface area contributed by atoms with E-state index >= 15 is 0 Å². The predicted molar refractivity (Wildman–Crippen MR) is 71.8 cm³/mol. The number of aliphatic hydroxyl groups excluding tert-OH is 1. The second-order valence-electron chi connectivity index (χ2n) is 4.65. The van der Waals surface area contributed by atoms with Crippen LogP contribution in [0.25, 0.3) is 0 Å². The van der Waals surface area contributed by atoms with Crippen molar-refractivity contribution in [3.05, 3.63) is 35.9 Å². The largest absolute Gasteiger partial charge is 0.396 e. The molecule has 0 aliphatic carbocycles. The van der Waals surface area contributed by atoms with Gasteiger partial charge in [-0.3, -0.25) is 4.79 Å². The maximum absolute atomic E-state index is 12.0. The van der Waals surface area contributed by atoms with Crippen LogP contribution < -0.4 is 11.1 Å². The van der Waals surface area contributed by atoms with E-state index in [-0.39, 0.29) is 30.5 Å². The molecule has 1 rings (SSSR count). The molecule has 0 saturated carbocycles. The Bertz CT molecular complexity index is 367. The van der Waals surface area contributed by atoms with E-state index in [0.29, 0.717) is 6.42 Å². The van der Waals surface area contributed by atoms with Gasteiger partial charge in [0.1, 0.15) is 0 Å². The van der Waals surface area contributed by atoms with Crippen LogP contribution in [0.1, 0.15) is 31.9 Å². The average Bonchev–Trinajstić information content (AvgIpc) is 2.38. The summed E-state index contributed by atoms with van der Waals surface area (Å²) in [6.07, 6.45) is 0.555. The summed E-state index contributed by atoms with van der Waals surface area (Å²) in [5.41, 5.74) is 7.03. The van der Waals surface area contributed by atoms with Gasteiger partial charge in [-0.2, -0.15) is 0 Å². The molecule has 0 radical (unpaired) electrons. The third-order valence-electron chi connectivity index (χ3n) is 3.09. The van der Waals surface area contributed by atoms with Crippen molar-refractivity contribution in [1.82, 2.24) is 5.32 Å². The first-order valence-electron chi connectivity index (χ1n) is 6.28. The molecule has 0 aromatic heterocycles. The van der Waals surface area contributed by atoms with Gasteiger partial charge in [0.25, 0.3) is 0 Å². The van der Waals surface area contributed by atoms with Crippen LogP contribution in [-0.2, 0) is 4.79 Å². The molecule has 0 aliphatic rings. The number of nitrogens with one attached hydrogen (secondary N) is 1. The zero-order valence-electron chi connectivity index (χ0n) is 11.0. The van der Waals surface area contributed by atoms with Crippen molar-refractivity contribution in [2.24, 2.45) is 11.7 Å². The molecule has 1 amide bonds. The molecule has 18 heavy (non-hydrogen) atoms. The van der Waals surface area contributed by atoms with E-state index in [9.17, 15) is 4.79 Å². The summed E-state index contributed by atoms with van der Waals surface area (Å²) in [6, 6.07) is 9.24. The first-order valence-corrected chi connectivity index (χ1v) is 6.28. The second-order valence-corrected chi connectivity index (χ2v) is 4.65. The molecular weight excluding hydrogens is 228 g/mol. The van der Waals surface area contributed by atoms with Gasteiger partial charge in [-0.25, -0.2) is 0 Å². The lowest BCUT2D eigenvalue weighted by Crippen LogP contribution is -2.40. The quantitative estimate of drug-likeness (QED) is 0.710. The van der Waals surface area contributed by atoms with E-state index in [1.165, 1.54) is 0 Å². The van der Waals surface area contributed by atoms with E-state index in [1.807, 2.05) is 44.2 Å². The third kappa shape index (κ3) is 4.13. The van der Waals surface area contributed by atoms with Crippen molar-refractivity contribution in [2.75, 3.05) is 6.61 Å². The Labute approximate surface area is 108 Å². The number of carbonyl (C=O) groups is 1. The van der Waals surface area contributed by atoms with Gasteiger partial charge in [-0.15, -0.1) is 0 Å². The molecular formula is C14H22N2O2. The fourth-order valence-corrected chi connectivity index (χ4v) is 1.77. The second kappa shape index (κ2) is 7.13. The first-order chi connectivity index (χ1) is 8.56. The topological polar surface area (TPSA) is 75.3 Å². The normalized spacial score (nSPS) is 15.8. The lowest BCUT2D eigenvalue weighted by Gasteiger charge is -2.22. The Balaban J connectivity index is 2.58. The van der Waals surface area contributed by atoms with Gasteiger partial charge >= 0.3 is 0 Å². The minimum absolute atomic E-state index is 0.0343. The lowest BCUT2D eigenvalue weighted by molar-refractivity contribution is -0.125. The van der Waals surface area contributed by atoms with Crippen LogP contribution in [0.4, 0.5) is 0 Å². The Morgan fingerprint density at radius 3 is 2.50 bits per heavy atom. The van der Waals surface area contributed by atoms with Gasteiger partial charge in [0, 0.05) is 18.7 Å². The van der Waals surface area contributed by atoms with Crippen LogP contribution in [0.3, 0.4) is 0 Å². The minimum atomic E-state index is -0.312. The van der Waals surface area contributed by atoms with E-state index in [2.05, 4.69) is 5.32 Å². The highest BCUT2D eigenvalue weighted by molar-refractivity contribution is 5.79. The van der Waals surface area contributed by atoms with E-state index in [4.69, 9.17) is 10.8 Å². The van der Waals surface area contributed by atoms with Crippen molar-refractivity contribution >= 4 is 5.91 Å². The first kappa shape index (κ1) is 14.7.